The number of aromatic nitrogens is 1. The molecule has 0 amide bonds. The minimum absolute atomic E-state index is 0.157. The first-order valence-electron chi connectivity index (χ1n) is 6.27. The van der Waals surface area contributed by atoms with Crippen molar-refractivity contribution in [2.75, 3.05) is 6.61 Å². The van der Waals surface area contributed by atoms with E-state index in [1.165, 1.54) is 0 Å². The fraction of sp³-hybridized carbons (Fsp3) is 0.333. The van der Waals surface area contributed by atoms with Gasteiger partial charge in [-0.3, -0.25) is 9.78 Å². The molecule has 1 heterocycles. The van der Waals surface area contributed by atoms with Gasteiger partial charge in [-0.1, -0.05) is 25.1 Å². The Morgan fingerprint density at radius 3 is 2.89 bits per heavy atom. The summed E-state index contributed by atoms with van der Waals surface area (Å²) >= 11 is 0. The zero-order valence-electron chi connectivity index (χ0n) is 10.7. The van der Waals surface area contributed by atoms with Crippen LogP contribution in [-0.4, -0.2) is 17.6 Å². The van der Waals surface area contributed by atoms with Crippen LogP contribution in [0.15, 0.2) is 36.5 Å². The molecule has 94 valence electrons. The summed E-state index contributed by atoms with van der Waals surface area (Å²) in [4.78, 5) is 16.2. The summed E-state index contributed by atoms with van der Waals surface area (Å²) in [5, 5.41) is 1.08. The second kappa shape index (κ2) is 5.63. The number of ether oxygens (including phenoxy) is 1. The van der Waals surface area contributed by atoms with E-state index in [9.17, 15) is 4.79 Å². The van der Waals surface area contributed by atoms with Gasteiger partial charge in [0.25, 0.3) is 0 Å². The van der Waals surface area contributed by atoms with Gasteiger partial charge in [0.2, 0.25) is 0 Å². The summed E-state index contributed by atoms with van der Waals surface area (Å²) < 4.78 is 5.10. The highest BCUT2D eigenvalue weighted by molar-refractivity contribution is 5.83. The van der Waals surface area contributed by atoms with Gasteiger partial charge in [-0.05, 0) is 31.0 Å². The molecule has 3 heteroatoms. The third kappa shape index (κ3) is 2.50. The molecule has 0 aliphatic heterocycles. The first kappa shape index (κ1) is 12.6. The lowest BCUT2D eigenvalue weighted by molar-refractivity contribution is -0.145. The van der Waals surface area contributed by atoms with Gasteiger partial charge < -0.3 is 4.74 Å². The van der Waals surface area contributed by atoms with E-state index in [0.717, 1.165) is 22.9 Å². The van der Waals surface area contributed by atoms with Gasteiger partial charge in [0.15, 0.2) is 0 Å². The van der Waals surface area contributed by atoms with Gasteiger partial charge in [0.1, 0.15) is 0 Å². The Bertz CT molecular complexity index is 551. The second-order valence-electron chi connectivity index (χ2n) is 4.17. The number of esters is 1. The zero-order chi connectivity index (χ0) is 13.0. The van der Waals surface area contributed by atoms with E-state index in [0.29, 0.717) is 6.61 Å². The van der Waals surface area contributed by atoms with Crippen LogP contribution in [0, 0.1) is 0 Å². The summed E-state index contributed by atoms with van der Waals surface area (Å²) in [5.74, 6) is -0.355. The summed E-state index contributed by atoms with van der Waals surface area (Å²) in [6.45, 7) is 4.23. The van der Waals surface area contributed by atoms with Crippen molar-refractivity contribution in [1.29, 1.82) is 0 Å². The summed E-state index contributed by atoms with van der Waals surface area (Å²) in [6, 6.07) is 9.87. The number of nitrogens with zero attached hydrogens (tertiary/aromatic N) is 1. The maximum absolute atomic E-state index is 11.9. The van der Waals surface area contributed by atoms with Gasteiger partial charge in [0.05, 0.1) is 18.0 Å². The van der Waals surface area contributed by atoms with Crippen LogP contribution >= 0.6 is 0 Å². The van der Waals surface area contributed by atoms with Crippen LogP contribution in [0.2, 0.25) is 0 Å². The van der Waals surface area contributed by atoms with Gasteiger partial charge in [-0.25, -0.2) is 0 Å². The van der Waals surface area contributed by atoms with Gasteiger partial charge in [0, 0.05) is 11.6 Å². The zero-order valence-corrected chi connectivity index (χ0v) is 10.7. The Morgan fingerprint density at radius 2 is 2.17 bits per heavy atom. The normalized spacial score (nSPS) is 12.3. The van der Waals surface area contributed by atoms with E-state index >= 15 is 0 Å². The third-order valence-corrected chi connectivity index (χ3v) is 3.01. The lowest BCUT2D eigenvalue weighted by Gasteiger charge is -2.14. The molecule has 1 unspecified atom stereocenters. The van der Waals surface area contributed by atoms with Crippen LogP contribution in [0.3, 0.4) is 0 Å². The Hall–Kier alpha value is -1.90. The van der Waals surface area contributed by atoms with E-state index in [2.05, 4.69) is 4.98 Å². The van der Waals surface area contributed by atoms with Crippen molar-refractivity contribution in [3.8, 4) is 0 Å². The molecule has 2 rings (SSSR count). The van der Waals surface area contributed by atoms with Crippen molar-refractivity contribution in [1.82, 2.24) is 4.98 Å². The third-order valence-electron chi connectivity index (χ3n) is 3.01. The van der Waals surface area contributed by atoms with Crippen molar-refractivity contribution in [3.63, 3.8) is 0 Å². The van der Waals surface area contributed by atoms with E-state index in [-0.39, 0.29) is 11.9 Å². The highest BCUT2D eigenvalue weighted by atomic mass is 16.5. The van der Waals surface area contributed by atoms with Crippen molar-refractivity contribution in [3.05, 3.63) is 42.1 Å². The number of hydrogen-bond donors (Lipinski definition) is 0. The smallest absolute Gasteiger partial charge is 0.313 e. The van der Waals surface area contributed by atoms with Crippen LogP contribution in [0.4, 0.5) is 0 Å². The van der Waals surface area contributed by atoms with E-state index in [1.807, 2.05) is 44.2 Å². The summed E-state index contributed by atoms with van der Waals surface area (Å²) in [7, 11) is 0. The minimum Gasteiger partial charge on any atom is -0.466 e. The molecular weight excluding hydrogens is 226 g/mol. The van der Waals surface area contributed by atoms with E-state index in [4.69, 9.17) is 4.74 Å². The molecule has 0 saturated carbocycles. The average Bonchev–Trinajstić information content (AvgIpc) is 2.40. The van der Waals surface area contributed by atoms with E-state index < -0.39 is 0 Å². The molecule has 0 radical (unpaired) electrons. The molecular formula is C15H17NO2. The molecule has 0 spiro atoms. The molecule has 1 aromatic carbocycles. The van der Waals surface area contributed by atoms with Crippen molar-refractivity contribution < 1.29 is 9.53 Å². The summed E-state index contributed by atoms with van der Waals surface area (Å²) in [5.41, 5.74) is 1.89. The lowest BCUT2D eigenvalue weighted by Crippen LogP contribution is -2.15. The molecule has 0 saturated heterocycles. The van der Waals surface area contributed by atoms with Crippen molar-refractivity contribution in [2.24, 2.45) is 0 Å². The Balaban J connectivity index is 2.36. The molecule has 0 aliphatic rings. The van der Waals surface area contributed by atoms with Crippen LogP contribution in [0.5, 0.6) is 0 Å². The monoisotopic (exact) mass is 243 g/mol. The lowest BCUT2D eigenvalue weighted by atomic mass is 9.95. The topological polar surface area (TPSA) is 39.2 Å². The first-order valence-corrected chi connectivity index (χ1v) is 6.27. The fourth-order valence-electron chi connectivity index (χ4n) is 2.08. The maximum Gasteiger partial charge on any atom is 0.313 e. The fourth-order valence-corrected chi connectivity index (χ4v) is 2.08. The molecule has 1 atom stereocenters. The molecule has 3 nitrogen and oxygen atoms in total. The number of pyridine rings is 1. The quantitative estimate of drug-likeness (QED) is 0.773. The average molecular weight is 243 g/mol. The Morgan fingerprint density at radius 1 is 1.33 bits per heavy atom. The number of benzene rings is 1. The second-order valence-corrected chi connectivity index (χ2v) is 4.17. The number of hydrogen-bond acceptors (Lipinski definition) is 3. The minimum atomic E-state index is -0.198. The number of fused-ring (bicyclic) bond motifs is 1. The largest absolute Gasteiger partial charge is 0.466 e. The predicted molar refractivity (Wildman–Crippen MR) is 71.4 cm³/mol. The Kier molecular flexibility index (Phi) is 3.92. The Labute approximate surface area is 107 Å². The van der Waals surface area contributed by atoms with E-state index in [1.54, 1.807) is 6.20 Å². The molecule has 0 N–H and O–H groups in total. The molecule has 2 aromatic rings. The molecule has 0 bridgehead atoms. The van der Waals surface area contributed by atoms with Crippen molar-refractivity contribution >= 4 is 16.9 Å². The molecule has 0 fully saturated rings. The van der Waals surface area contributed by atoms with Crippen LogP contribution in [-0.2, 0) is 9.53 Å². The highest BCUT2D eigenvalue weighted by Crippen LogP contribution is 2.24. The number of carbonyl (C=O) groups excluding carboxylic acids is 1. The summed E-state index contributed by atoms with van der Waals surface area (Å²) in [6.07, 6.45) is 2.49. The highest BCUT2D eigenvalue weighted by Gasteiger charge is 2.20. The molecule has 18 heavy (non-hydrogen) atoms. The first-order chi connectivity index (χ1) is 8.76. The van der Waals surface area contributed by atoms with Crippen LogP contribution in [0.25, 0.3) is 10.9 Å². The number of rotatable bonds is 4. The van der Waals surface area contributed by atoms with Crippen LogP contribution < -0.4 is 0 Å². The number of carbonyl (C=O) groups is 1. The maximum atomic E-state index is 11.9. The van der Waals surface area contributed by atoms with Crippen LogP contribution in [0.1, 0.15) is 31.7 Å². The molecule has 1 aromatic heterocycles. The van der Waals surface area contributed by atoms with Crippen molar-refractivity contribution in [2.45, 2.75) is 26.2 Å². The van der Waals surface area contributed by atoms with Gasteiger partial charge >= 0.3 is 5.97 Å². The standard InChI is InChI=1S/C15H17NO2/c1-3-13(15(17)18-4-2)12-8-7-11-6-5-9-16-14(11)10-12/h5-10,13H,3-4H2,1-2H3. The van der Waals surface area contributed by atoms with Gasteiger partial charge in [-0.15, -0.1) is 0 Å². The van der Waals surface area contributed by atoms with Gasteiger partial charge in [-0.2, -0.15) is 0 Å². The molecule has 0 aliphatic carbocycles. The predicted octanol–water partition coefficient (Wildman–Crippen LogP) is 3.29. The SMILES string of the molecule is CCOC(=O)C(CC)c1ccc2cccnc2c1.